The van der Waals surface area contributed by atoms with Gasteiger partial charge in [0.1, 0.15) is 11.3 Å². The fourth-order valence-electron chi connectivity index (χ4n) is 2.91. The molecule has 4 nitrogen and oxygen atoms in total. The van der Waals surface area contributed by atoms with Gasteiger partial charge in [0, 0.05) is 0 Å². The Balaban J connectivity index is 2.14. The predicted molar refractivity (Wildman–Crippen MR) is 106 cm³/mol. The van der Waals surface area contributed by atoms with Crippen LogP contribution in [0.2, 0.25) is 0 Å². The summed E-state index contributed by atoms with van der Waals surface area (Å²) in [5.74, 6) is -1.22. The summed E-state index contributed by atoms with van der Waals surface area (Å²) in [6.45, 7) is 2.06. The second-order valence-corrected chi connectivity index (χ2v) is 6.59. The Hall–Kier alpha value is -2.07. The molecule has 1 unspecified atom stereocenters. The topological polar surface area (TPSA) is 77.8 Å². The van der Waals surface area contributed by atoms with E-state index in [0.717, 1.165) is 51.4 Å². The second kappa shape index (κ2) is 13.2. The van der Waals surface area contributed by atoms with E-state index in [1.54, 1.807) is 12.1 Å². The van der Waals surface area contributed by atoms with Crippen LogP contribution in [0.1, 0.15) is 74.2 Å². The molecule has 0 aliphatic carbocycles. The zero-order chi connectivity index (χ0) is 19.2. The van der Waals surface area contributed by atoms with Crippen LogP contribution in [-0.2, 0) is 6.42 Å². The van der Waals surface area contributed by atoms with E-state index in [-0.39, 0.29) is 17.4 Å². The van der Waals surface area contributed by atoms with Crippen LogP contribution in [0, 0.1) is 0 Å². The van der Waals surface area contributed by atoms with Gasteiger partial charge in [-0.1, -0.05) is 69.0 Å². The van der Waals surface area contributed by atoms with Crippen LogP contribution in [0.25, 0.3) is 0 Å². The van der Waals surface area contributed by atoms with Gasteiger partial charge in [-0.05, 0) is 43.7 Å². The monoisotopic (exact) mass is 360 g/mol. The van der Waals surface area contributed by atoms with Crippen LogP contribution < -0.4 is 0 Å². The highest BCUT2D eigenvalue weighted by atomic mass is 16.4. The third-order valence-corrected chi connectivity index (χ3v) is 4.32. The Bertz CT molecular complexity index is 590. The number of carbonyl (C=O) groups is 1. The number of benzene rings is 1. The molecule has 0 saturated carbocycles. The number of hydrogen-bond acceptors (Lipinski definition) is 3. The van der Waals surface area contributed by atoms with Crippen LogP contribution >= 0.6 is 0 Å². The maximum Gasteiger partial charge on any atom is 0.339 e. The molecule has 0 bridgehead atoms. The highest BCUT2D eigenvalue weighted by Crippen LogP contribution is 2.23. The number of unbranched alkanes of at least 4 members (excludes halogenated alkanes) is 5. The summed E-state index contributed by atoms with van der Waals surface area (Å²) in [6, 6.07) is 4.89. The van der Waals surface area contributed by atoms with E-state index >= 15 is 0 Å². The Morgan fingerprint density at radius 3 is 2.58 bits per heavy atom. The number of carboxylic acids is 1. The van der Waals surface area contributed by atoms with Gasteiger partial charge in [-0.25, -0.2) is 4.79 Å². The van der Waals surface area contributed by atoms with E-state index in [4.69, 9.17) is 0 Å². The molecule has 3 N–H and O–H groups in total. The number of aliphatic hydroxyl groups excluding tert-OH is 1. The Kier molecular flexibility index (Phi) is 11.1. The molecule has 0 fully saturated rings. The number of allylic oxidation sites excluding steroid dienone is 3. The summed E-state index contributed by atoms with van der Waals surface area (Å²) in [5, 5.41) is 28.4. The van der Waals surface area contributed by atoms with E-state index in [2.05, 4.69) is 13.0 Å². The molecule has 1 rings (SSSR count). The summed E-state index contributed by atoms with van der Waals surface area (Å²) in [7, 11) is 0. The fourth-order valence-corrected chi connectivity index (χ4v) is 2.91. The minimum atomic E-state index is -1.07. The molecule has 0 radical (unpaired) electrons. The van der Waals surface area contributed by atoms with Gasteiger partial charge >= 0.3 is 5.97 Å². The van der Waals surface area contributed by atoms with Crippen molar-refractivity contribution in [3.63, 3.8) is 0 Å². The molecule has 0 spiro atoms. The van der Waals surface area contributed by atoms with Crippen LogP contribution in [0.5, 0.6) is 5.75 Å². The van der Waals surface area contributed by atoms with Crippen LogP contribution in [0.3, 0.4) is 0 Å². The molecule has 26 heavy (non-hydrogen) atoms. The van der Waals surface area contributed by atoms with Gasteiger partial charge in [-0.15, -0.1) is 0 Å². The SMILES string of the molecule is CCCC(O)/C=C/C=C\CCCCCCCc1cccc(O)c1C(=O)O. The third-order valence-electron chi connectivity index (χ3n) is 4.32. The Morgan fingerprint density at radius 2 is 1.85 bits per heavy atom. The normalized spacial score (nSPS) is 12.8. The first kappa shape index (κ1) is 22.0. The number of aryl methyl sites for hydroxylation is 1. The van der Waals surface area contributed by atoms with Crippen molar-refractivity contribution in [1.82, 2.24) is 0 Å². The molecular weight excluding hydrogens is 328 g/mol. The predicted octanol–water partition coefficient (Wildman–Crippen LogP) is 5.25. The minimum Gasteiger partial charge on any atom is -0.507 e. The van der Waals surface area contributed by atoms with E-state index in [1.165, 1.54) is 6.07 Å². The highest BCUT2D eigenvalue weighted by molar-refractivity contribution is 5.92. The quantitative estimate of drug-likeness (QED) is 0.332. The molecule has 0 aromatic heterocycles. The number of rotatable bonds is 13. The van der Waals surface area contributed by atoms with Gasteiger partial charge in [0.25, 0.3) is 0 Å². The van der Waals surface area contributed by atoms with Crippen molar-refractivity contribution in [2.24, 2.45) is 0 Å². The molecule has 0 aliphatic rings. The summed E-state index contributed by atoms with van der Waals surface area (Å²) in [6.07, 6.45) is 16.4. The summed E-state index contributed by atoms with van der Waals surface area (Å²) < 4.78 is 0. The number of phenols is 1. The second-order valence-electron chi connectivity index (χ2n) is 6.59. The molecule has 0 heterocycles. The average Bonchev–Trinajstić information content (AvgIpc) is 2.59. The highest BCUT2D eigenvalue weighted by Gasteiger charge is 2.14. The number of aromatic hydroxyl groups is 1. The molecular formula is C22H32O4. The maximum absolute atomic E-state index is 11.2. The van der Waals surface area contributed by atoms with E-state index in [0.29, 0.717) is 12.0 Å². The molecule has 0 aliphatic heterocycles. The van der Waals surface area contributed by atoms with Gasteiger partial charge in [0.15, 0.2) is 0 Å². The summed E-state index contributed by atoms with van der Waals surface area (Å²) in [5.41, 5.74) is 0.743. The number of aromatic carboxylic acids is 1. The van der Waals surface area contributed by atoms with Crippen molar-refractivity contribution in [2.75, 3.05) is 0 Å². The Morgan fingerprint density at radius 1 is 1.12 bits per heavy atom. The van der Waals surface area contributed by atoms with Gasteiger partial charge in [0.2, 0.25) is 0 Å². The minimum absolute atomic E-state index is 0.0368. The van der Waals surface area contributed by atoms with Crippen molar-refractivity contribution in [1.29, 1.82) is 0 Å². The first-order valence-corrected chi connectivity index (χ1v) is 9.61. The lowest BCUT2D eigenvalue weighted by Gasteiger charge is -2.07. The lowest BCUT2D eigenvalue weighted by molar-refractivity contribution is 0.0692. The van der Waals surface area contributed by atoms with Gasteiger partial charge in [-0.2, -0.15) is 0 Å². The lowest BCUT2D eigenvalue weighted by atomic mass is 9.99. The first-order valence-electron chi connectivity index (χ1n) is 9.61. The number of hydrogen-bond donors (Lipinski definition) is 3. The standard InChI is InChI=1S/C22H32O4/c1-2-13-19(23)16-11-9-7-5-3-4-6-8-10-14-18-15-12-17-20(24)21(18)22(25)26/h7,9,11-12,15-17,19,23-24H,2-6,8,10,13-14H2,1H3,(H,25,26)/b9-7-,16-11+. The zero-order valence-electron chi connectivity index (χ0n) is 15.7. The first-order chi connectivity index (χ1) is 12.6. The lowest BCUT2D eigenvalue weighted by Crippen LogP contribution is -2.03. The maximum atomic E-state index is 11.2. The van der Waals surface area contributed by atoms with Crippen molar-refractivity contribution in [2.45, 2.75) is 70.8 Å². The zero-order valence-corrected chi connectivity index (χ0v) is 15.7. The molecule has 144 valence electrons. The average molecular weight is 360 g/mol. The van der Waals surface area contributed by atoms with Crippen LogP contribution in [-0.4, -0.2) is 27.4 Å². The number of aliphatic hydroxyl groups is 1. The van der Waals surface area contributed by atoms with E-state index in [1.807, 2.05) is 18.2 Å². The molecule has 1 atom stereocenters. The van der Waals surface area contributed by atoms with Crippen molar-refractivity contribution in [3.05, 3.63) is 53.6 Å². The van der Waals surface area contributed by atoms with Crippen LogP contribution in [0.15, 0.2) is 42.5 Å². The third kappa shape index (κ3) is 8.86. The molecule has 4 heteroatoms. The van der Waals surface area contributed by atoms with E-state index < -0.39 is 5.97 Å². The van der Waals surface area contributed by atoms with Crippen molar-refractivity contribution < 1.29 is 20.1 Å². The molecule has 0 amide bonds. The van der Waals surface area contributed by atoms with Gasteiger partial charge in [0.05, 0.1) is 6.10 Å². The molecule has 1 aromatic rings. The largest absolute Gasteiger partial charge is 0.507 e. The summed E-state index contributed by atoms with van der Waals surface area (Å²) in [4.78, 5) is 11.2. The molecule has 1 aromatic carbocycles. The van der Waals surface area contributed by atoms with Crippen molar-refractivity contribution >= 4 is 5.97 Å². The summed E-state index contributed by atoms with van der Waals surface area (Å²) >= 11 is 0. The fraction of sp³-hybridized carbons (Fsp3) is 0.500. The van der Waals surface area contributed by atoms with Gasteiger partial charge in [-0.3, -0.25) is 0 Å². The van der Waals surface area contributed by atoms with E-state index in [9.17, 15) is 20.1 Å². The van der Waals surface area contributed by atoms with Gasteiger partial charge < -0.3 is 15.3 Å². The van der Waals surface area contributed by atoms with Crippen molar-refractivity contribution in [3.8, 4) is 5.75 Å². The Labute approximate surface area is 156 Å². The molecule has 0 saturated heterocycles. The smallest absolute Gasteiger partial charge is 0.339 e. The number of carboxylic acid groups (broad SMARTS) is 1. The van der Waals surface area contributed by atoms with Crippen LogP contribution in [0.4, 0.5) is 0 Å².